The van der Waals surface area contributed by atoms with Gasteiger partial charge in [0.25, 0.3) is 0 Å². The van der Waals surface area contributed by atoms with Crippen LogP contribution in [0.4, 0.5) is 0 Å². The summed E-state index contributed by atoms with van der Waals surface area (Å²) in [6.45, 7) is 5.57. The molecule has 168 valence electrons. The van der Waals surface area contributed by atoms with E-state index in [0.29, 0.717) is 31.4 Å². The summed E-state index contributed by atoms with van der Waals surface area (Å²) in [4.78, 5) is 27.2. The summed E-state index contributed by atoms with van der Waals surface area (Å²) >= 11 is 26.1. The third kappa shape index (κ3) is 7.76. The van der Waals surface area contributed by atoms with Crippen LogP contribution in [-0.2, 0) is 21.9 Å². The molecule has 0 aliphatic heterocycles. The highest BCUT2D eigenvalue weighted by Crippen LogP contribution is 2.28. The molecule has 0 bridgehead atoms. The van der Waals surface area contributed by atoms with Crippen LogP contribution in [0, 0.1) is 0 Å². The number of hydrogen-bond acceptors (Lipinski definition) is 3. The first-order valence-electron chi connectivity index (χ1n) is 9.64. The van der Waals surface area contributed by atoms with Gasteiger partial charge in [-0.05, 0) is 50.6 Å². The van der Waals surface area contributed by atoms with Gasteiger partial charge in [-0.3, -0.25) is 9.59 Å². The number of amides is 2. The first kappa shape index (κ1) is 26.1. The second-order valence-electron chi connectivity index (χ2n) is 7.30. The molecular formula is C22H24Cl4N2O2S. The van der Waals surface area contributed by atoms with Crippen molar-refractivity contribution in [2.24, 2.45) is 0 Å². The third-order valence-electron chi connectivity index (χ3n) is 4.47. The van der Waals surface area contributed by atoms with Gasteiger partial charge in [0, 0.05) is 33.9 Å². The van der Waals surface area contributed by atoms with Crippen molar-refractivity contribution in [2.75, 3.05) is 5.75 Å². The Labute approximate surface area is 207 Å². The Morgan fingerprint density at radius 3 is 2.19 bits per heavy atom. The fraction of sp³-hybridized carbons (Fsp3) is 0.364. The zero-order chi connectivity index (χ0) is 23.1. The lowest BCUT2D eigenvalue weighted by atomic mass is 10.1. The minimum absolute atomic E-state index is 0.0418. The Balaban J connectivity index is 2.14. The SMILES string of the molecule is CC(C)NC(=O)[C@H](C)N(Cc1c(Cl)cccc1Cl)C(=O)CSCc1ccc(Cl)c(Cl)c1. The van der Waals surface area contributed by atoms with E-state index < -0.39 is 6.04 Å². The second-order valence-corrected chi connectivity index (χ2v) is 9.92. The van der Waals surface area contributed by atoms with Crippen LogP contribution in [0.15, 0.2) is 36.4 Å². The summed E-state index contributed by atoms with van der Waals surface area (Å²) in [5.74, 6) is 0.339. The highest BCUT2D eigenvalue weighted by Gasteiger charge is 2.27. The summed E-state index contributed by atoms with van der Waals surface area (Å²) < 4.78 is 0. The van der Waals surface area contributed by atoms with E-state index in [4.69, 9.17) is 46.4 Å². The molecule has 31 heavy (non-hydrogen) atoms. The van der Waals surface area contributed by atoms with Crippen LogP contribution in [-0.4, -0.2) is 34.6 Å². The molecule has 0 aromatic heterocycles. The molecule has 1 atom stereocenters. The van der Waals surface area contributed by atoms with Crippen LogP contribution < -0.4 is 5.32 Å². The van der Waals surface area contributed by atoms with Gasteiger partial charge < -0.3 is 10.2 Å². The van der Waals surface area contributed by atoms with E-state index in [0.717, 1.165) is 5.56 Å². The van der Waals surface area contributed by atoms with Crippen molar-refractivity contribution in [2.45, 2.75) is 45.2 Å². The highest BCUT2D eigenvalue weighted by atomic mass is 35.5. The fourth-order valence-corrected chi connectivity index (χ4v) is 4.51. The first-order valence-corrected chi connectivity index (χ1v) is 12.3. The summed E-state index contributed by atoms with van der Waals surface area (Å²) in [6.07, 6.45) is 0. The average Bonchev–Trinajstić information content (AvgIpc) is 2.69. The molecule has 0 spiro atoms. The minimum Gasteiger partial charge on any atom is -0.352 e. The van der Waals surface area contributed by atoms with Gasteiger partial charge in [0.15, 0.2) is 0 Å². The van der Waals surface area contributed by atoms with E-state index in [-0.39, 0.29) is 30.2 Å². The summed E-state index contributed by atoms with van der Waals surface area (Å²) in [7, 11) is 0. The standard InChI is InChI=1S/C22H24Cl4N2O2S/c1-13(2)27-22(30)14(3)28(10-16-17(23)5-4-6-18(16)24)21(29)12-31-11-15-7-8-19(25)20(26)9-15/h4-9,13-14H,10-12H2,1-3H3,(H,27,30)/t14-/m0/s1. The maximum Gasteiger partial charge on any atom is 0.242 e. The second kappa shape index (κ2) is 12.2. The Morgan fingerprint density at radius 1 is 0.968 bits per heavy atom. The van der Waals surface area contributed by atoms with E-state index in [1.54, 1.807) is 37.3 Å². The number of rotatable bonds is 9. The molecule has 2 amide bonds. The van der Waals surface area contributed by atoms with Crippen LogP contribution in [0.5, 0.6) is 0 Å². The number of carbonyl (C=O) groups is 2. The molecule has 0 fully saturated rings. The van der Waals surface area contributed by atoms with Crippen molar-refractivity contribution in [3.05, 3.63) is 67.6 Å². The monoisotopic (exact) mass is 520 g/mol. The van der Waals surface area contributed by atoms with Gasteiger partial charge in [0.05, 0.1) is 15.8 Å². The van der Waals surface area contributed by atoms with Gasteiger partial charge in [0.1, 0.15) is 6.04 Å². The number of hydrogen-bond donors (Lipinski definition) is 1. The maximum absolute atomic E-state index is 13.1. The van der Waals surface area contributed by atoms with Crippen LogP contribution in [0.2, 0.25) is 20.1 Å². The van der Waals surface area contributed by atoms with Gasteiger partial charge >= 0.3 is 0 Å². The number of halogens is 4. The van der Waals surface area contributed by atoms with Crippen molar-refractivity contribution >= 4 is 70.0 Å². The van der Waals surface area contributed by atoms with E-state index in [9.17, 15) is 9.59 Å². The molecule has 4 nitrogen and oxygen atoms in total. The fourth-order valence-electron chi connectivity index (χ4n) is 2.81. The Morgan fingerprint density at radius 2 is 1.61 bits per heavy atom. The molecule has 0 aliphatic carbocycles. The third-order valence-corrected chi connectivity index (χ3v) is 6.90. The normalized spacial score (nSPS) is 12.0. The summed E-state index contributed by atoms with van der Waals surface area (Å²) in [6, 6.07) is 9.81. The Bertz CT molecular complexity index is 919. The number of benzene rings is 2. The molecule has 0 radical (unpaired) electrons. The lowest BCUT2D eigenvalue weighted by Gasteiger charge is -2.30. The van der Waals surface area contributed by atoms with Crippen LogP contribution in [0.3, 0.4) is 0 Å². The van der Waals surface area contributed by atoms with Crippen LogP contribution in [0.25, 0.3) is 0 Å². The quantitative estimate of drug-likeness (QED) is 0.411. The van der Waals surface area contributed by atoms with Crippen molar-refractivity contribution in [3.8, 4) is 0 Å². The predicted octanol–water partition coefficient (Wildman–Crippen LogP) is 6.48. The maximum atomic E-state index is 13.1. The number of carbonyl (C=O) groups excluding carboxylic acids is 2. The van der Waals surface area contributed by atoms with Crippen molar-refractivity contribution in [3.63, 3.8) is 0 Å². The van der Waals surface area contributed by atoms with Gasteiger partial charge in [0.2, 0.25) is 11.8 Å². The summed E-state index contributed by atoms with van der Waals surface area (Å²) in [5.41, 5.74) is 1.57. The number of nitrogens with one attached hydrogen (secondary N) is 1. The number of nitrogens with zero attached hydrogens (tertiary/aromatic N) is 1. The molecular weight excluding hydrogens is 498 g/mol. The van der Waals surface area contributed by atoms with E-state index >= 15 is 0 Å². The van der Waals surface area contributed by atoms with Gasteiger partial charge in [-0.25, -0.2) is 0 Å². The molecule has 9 heteroatoms. The first-order chi connectivity index (χ1) is 14.6. The molecule has 2 aromatic rings. The highest BCUT2D eigenvalue weighted by molar-refractivity contribution is 7.99. The van der Waals surface area contributed by atoms with Crippen molar-refractivity contribution in [1.29, 1.82) is 0 Å². The van der Waals surface area contributed by atoms with Gasteiger partial charge in [-0.1, -0.05) is 58.5 Å². The van der Waals surface area contributed by atoms with E-state index in [1.165, 1.54) is 16.7 Å². The van der Waals surface area contributed by atoms with Crippen LogP contribution in [0.1, 0.15) is 31.9 Å². The van der Waals surface area contributed by atoms with E-state index in [2.05, 4.69) is 5.32 Å². The van der Waals surface area contributed by atoms with Crippen LogP contribution >= 0.6 is 58.2 Å². The zero-order valence-corrected chi connectivity index (χ0v) is 21.3. The van der Waals surface area contributed by atoms with Crippen molar-refractivity contribution < 1.29 is 9.59 Å². The molecule has 1 N–H and O–H groups in total. The largest absolute Gasteiger partial charge is 0.352 e. The van der Waals surface area contributed by atoms with E-state index in [1.807, 2.05) is 19.9 Å². The molecule has 0 saturated carbocycles. The topological polar surface area (TPSA) is 49.4 Å². The average molecular weight is 522 g/mol. The molecule has 0 saturated heterocycles. The summed E-state index contributed by atoms with van der Waals surface area (Å²) in [5, 5.41) is 4.71. The molecule has 0 aliphatic rings. The smallest absolute Gasteiger partial charge is 0.242 e. The lowest BCUT2D eigenvalue weighted by molar-refractivity contribution is -0.138. The molecule has 2 aromatic carbocycles. The van der Waals surface area contributed by atoms with Gasteiger partial charge in [-0.2, -0.15) is 0 Å². The van der Waals surface area contributed by atoms with Gasteiger partial charge in [-0.15, -0.1) is 11.8 Å². The molecule has 0 heterocycles. The predicted molar refractivity (Wildman–Crippen MR) is 132 cm³/mol. The number of thioether (sulfide) groups is 1. The van der Waals surface area contributed by atoms with Crippen molar-refractivity contribution in [1.82, 2.24) is 10.2 Å². The lowest BCUT2D eigenvalue weighted by Crippen LogP contribution is -2.49. The Hall–Kier alpha value is -1.11. The Kier molecular flexibility index (Phi) is 10.3. The molecule has 0 unspecified atom stereocenters. The zero-order valence-electron chi connectivity index (χ0n) is 17.4. The molecule has 2 rings (SSSR count). The minimum atomic E-state index is -0.687.